The Morgan fingerprint density at radius 1 is 0.702 bits per heavy atom. The van der Waals surface area contributed by atoms with Crippen LogP contribution in [0.1, 0.15) is 27.2 Å². The molecule has 19 heteroatoms. The van der Waals surface area contributed by atoms with Gasteiger partial charge in [-0.2, -0.15) is 0 Å². The third-order valence-electron chi connectivity index (χ3n) is 7.31. The van der Waals surface area contributed by atoms with Crippen molar-refractivity contribution in [1.29, 1.82) is 0 Å². The fourth-order valence-electron chi connectivity index (χ4n) is 4.92. The van der Waals surface area contributed by atoms with Gasteiger partial charge in [0.15, 0.2) is 12.2 Å². The van der Waals surface area contributed by atoms with Gasteiger partial charge < -0.3 is 30.1 Å². The summed E-state index contributed by atoms with van der Waals surface area (Å²) in [4.78, 5) is 91.1. The fraction of sp³-hybridized carbons (Fsp3) is 0.750. The second-order valence-corrected chi connectivity index (χ2v) is 11.7. The first kappa shape index (κ1) is 39.3. The van der Waals surface area contributed by atoms with E-state index in [0.717, 1.165) is 0 Å². The van der Waals surface area contributed by atoms with Gasteiger partial charge in [-0.1, -0.05) is 13.8 Å². The quantitative estimate of drug-likeness (QED) is 0.0560. The number of carbonyl (C=O) groups is 7. The highest BCUT2D eigenvalue weighted by Gasteiger charge is 2.52. The number of nitrogens with one attached hydrogen (secondary N) is 3. The van der Waals surface area contributed by atoms with Gasteiger partial charge in [0.05, 0.1) is 32.8 Å². The number of aliphatic carboxylic acids is 3. The number of epoxide rings is 1. The average Bonchev–Trinajstić information content (AvgIpc) is 3.77. The lowest BCUT2D eigenvalue weighted by Gasteiger charge is -2.32. The summed E-state index contributed by atoms with van der Waals surface area (Å²) in [5.41, 5.74) is 4.64. The topological polar surface area (TPSA) is 251 Å². The molecule has 2 saturated heterocycles. The molecule has 2 fully saturated rings. The monoisotopic (exact) mass is 673 g/mol. The Hall–Kier alpha value is -3.91. The lowest BCUT2D eigenvalue weighted by molar-refractivity contribution is -0.145. The van der Waals surface area contributed by atoms with Crippen LogP contribution in [0.25, 0.3) is 0 Å². The molecule has 0 radical (unpaired) electrons. The van der Waals surface area contributed by atoms with Gasteiger partial charge in [0.1, 0.15) is 6.04 Å². The molecule has 6 N–H and O–H groups in total. The number of hydrogen-bond acceptors (Lipinski definition) is 13. The largest absolute Gasteiger partial charge is 0.480 e. The van der Waals surface area contributed by atoms with Gasteiger partial charge in [-0.3, -0.25) is 59.2 Å². The van der Waals surface area contributed by atoms with E-state index in [4.69, 9.17) is 9.47 Å². The molecule has 2 aliphatic rings. The number of esters is 1. The molecule has 0 spiro atoms. The van der Waals surface area contributed by atoms with Gasteiger partial charge in [0.25, 0.3) is 17.7 Å². The highest BCUT2D eigenvalue weighted by Crippen LogP contribution is 2.24. The van der Waals surface area contributed by atoms with Crippen molar-refractivity contribution in [3.63, 3.8) is 0 Å². The number of hydrazine groups is 1. The van der Waals surface area contributed by atoms with Crippen LogP contribution in [-0.2, 0) is 43.0 Å². The summed E-state index contributed by atoms with van der Waals surface area (Å²) in [6.45, 7) is 6.04. The molecule has 2 aliphatic heterocycles. The number of carboxylic acids is 3. The van der Waals surface area contributed by atoms with E-state index in [1.165, 1.54) is 0 Å². The third kappa shape index (κ3) is 15.5. The molecule has 2 heterocycles. The highest BCUT2D eigenvalue weighted by atomic mass is 16.6. The van der Waals surface area contributed by atoms with E-state index in [0.29, 0.717) is 0 Å². The van der Waals surface area contributed by atoms with Crippen molar-refractivity contribution in [1.82, 2.24) is 35.8 Å². The van der Waals surface area contributed by atoms with Gasteiger partial charge in [0, 0.05) is 52.4 Å². The van der Waals surface area contributed by atoms with E-state index in [1.807, 2.05) is 13.8 Å². The Bertz CT molecular complexity index is 1090. The SMILES string of the molecule is CCOC(=O)[C@H]1O[C@@H]1C(=O)N[C@@H](CC(C)C)C(=O)NNC(=O)CN1CCN(CC(=O)O)CCN(CC(=O)O)CCN(CC(=O)O)CC1. The number of rotatable bonds is 15. The summed E-state index contributed by atoms with van der Waals surface area (Å²) in [6, 6.07) is -1.05. The number of carboxylic acid groups (broad SMARTS) is 3. The summed E-state index contributed by atoms with van der Waals surface area (Å²) in [5, 5.41) is 30.6. The van der Waals surface area contributed by atoms with E-state index >= 15 is 0 Å². The Morgan fingerprint density at radius 3 is 1.51 bits per heavy atom. The average molecular weight is 674 g/mol. The van der Waals surface area contributed by atoms with Crippen molar-refractivity contribution in [3.8, 4) is 0 Å². The molecule has 266 valence electrons. The van der Waals surface area contributed by atoms with Crippen LogP contribution < -0.4 is 16.2 Å². The van der Waals surface area contributed by atoms with Crippen LogP contribution in [0.3, 0.4) is 0 Å². The predicted molar refractivity (Wildman–Crippen MR) is 162 cm³/mol. The van der Waals surface area contributed by atoms with E-state index < -0.39 is 59.8 Å². The summed E-state index contributed by atoms with van der Waals surface area (Å²) < 4.78 is 9.94. The number of nitrogens with zero attached hydrogens (tertiary/aromatic N) is 4. The number of ether oxygens (including phenoxy) is 2. The second kappa shape index (κ2) is 19.7. The van der Waals surface area contributed by atoms with Crippen LogP contribution in [0.2, 0.25) is 0 Å². The van der Waals surface area contributed by atoms with E-state index in [9.17, 15) is 48.9 Å². The van der Waals surface area contributed by atoms with Crippen LogP contribution in [0, 0.1) is 5.92 Å². The third-order valence-corrected chi connectivity index (χ3v) is 7.31. The Labute approximate surface area is 272 Å². The minimum Gasteiger partial charge on any atom is -0.480 e. The molecule has 47 heavy (non-hydrogen) atoms. The van der Waals surface area contributed by atoms with Crippen molar-refractivity contribution >= 4 is 41.6 Å². The van der Waals surface area contributed by atoms with Gasteiger partial charge in [-0.05, 0) is 19.3 Å². The summed E-state index contributed by atoms with van der Waals surface area (Å²) >= 11 is 0. The normalized spacial score (nSPS) is 21.0. The standard InChI is InChI=1S/C28H47N7O12/c1-4-46-28(45)25-24(47-25)27(44)29-19(13-18(2)3)26(43)31-30-20(36)14-32-5-7-33(15-21(37)38)9-11-35(17-23(41)42)12-10-34(8-6-32)16-22(39)40/h18-19,24-25H,4-17H2,1-3H3,(H,29,44)(H,30,36)(H,31,43)(H,37,38)(H,39,40)(H,41,42)/t19-,24-,25-/m0/s1. The molecule has 0 aliphatic carbocycles. The Kier molecular flexibility index (Phi) is 16.4. The smallest absolute Gasteiger partial charge is 0.338 e. The maximum atomic E-state index is 13.0. The molecule has 0 unspecified atom stereocenters. The molecule has 3 amide bonds. The van der Waals surface area contributed by atoms with Crippen LogP contribution in [0.5, 0.6) is 0 Å². The molecular weight excluding hydrogens is 626 g/mol. The molecule has 0 aromatic rings. The van der Waals surface area contributed by atoms with E-state index in [2.05, 4.69) is 16.2 Å². The molecule has 19 nitrogen and oxygen atoms in total. The Morgan fingerprint density at radius 2 is 1.13 bits per heavy atom. The lowest BCUT2D eigenvalue weighted by Crippen LogP contribution is -2.55. The minimum atomic E-state index is -1.08. The van der Waals surface area contributed by atoms with Crippen LogP contribution in [0.4, 0.5) is 0 Å². The molecule has 0 bridgehead atoms. The van der Waals surface area contributed by atoms with Gasteiger partial charge in [0.2, 0.25) is 0 Å². The van der Waals surface area contributed by atoms with Crippen LogP contribution in [0.15, 0.2) is 0 Å². The summed E-state index contributed by atoms with van der Waals surface area (Å²) in [7, 11) is 0. The summed E-state index contributed by atoms with van der Waals surface area (Å²) in [6.07, 6.45) is -1.90. The highest BCUT2D eigenvalue weighted by molar-refractivity contribution is 5.95. The maximum absolute atomic E-state index is 13.0. The van der Waals surface area contributed by atoms with Crippen molar-refractivity contribution in [2.24, 2.45) is 5.92 Å². The van der Waals surface area contributed by atoms with E-state index in [-0.39, 0.29) is 97.5 Å². The zero-order chi connectivity index (χ0) is 35.1. The van der Waals surface area contributed by atoms with Crippen molar-refractivity contribution in [3.05, 3.63) is 0 Å². The number of amides is 3. The zero-order valence-corrected chi connectivity index (χ0v) is 27.0. The summed E-state index contributed by atoms with van der Waals surface area (Å²) in [5.74, 6) is -5.90. The fourth-order valence-corrected chi connectivity index (χ4v) is 4.92. The first-order valence-corrected chi connectivity index (χ1v) is 15.4. The molecule has 0 aromatic carbocycles. The Balaban J connectivity index is 2.03. The minimum absolute atomic E-state index is 0.0243. The molecule has 3 atom stereocenters. The number of carbonyl (C=O) groups excluding carboxylic acids is 4. The number of hydrogen-bond donors (Lipinski definition) is 6. The van der Waals surface area contributed by atoms with Crippen molar-refractivity contribution in [2.45, 2.75) is 45.4 Å². The molecule has 2 rings (SSSR count). The van der Waals surface area contributed by atoms with Gasteiger partial charge >= 0.3 is 23.9 Å². The van der Waals surface area contributed by atoms with Gasteiger partial charge in [-0.25, -0.2) is 4.79 Å². The first-order chi connectivity index (χ1) is 22.2. The van der Waals surface area contributed by atoms with Gasteiger partial charge in [-0.15, -0.1) is 0 Å². The second-order valence-electron chi connectivity index (χ2n) is 11.7. The first-order valence-electron chi connectivity index (χ1n) is 15.4. The van der Waals surface area contributed by atoms with Crippen LogP contribution in [-0.4, -0.2) is 180 Å². The van der Waals surface area contributed by atoms with Crippen LogP contribution >= 0.6 is 0 Å². The zero-order valence-electron chi connectivity index (χ0n) is 27.0. The van der Waals surface area contributed by atoms with E-state index in [1.54, 1.807) is 26.5 Å². The van der Waals surface area contributed by atoms with Crippen molar-refractivity contribution < 1.29 is 58.4 Å². The van der Waals surface area contributed by atoms with Crippen molar-refractivity contribution in [2.75, 3.05) is 85.1 Å². The maximum Gasteiger partial charge on any atom is 0.338 e. The lowest BCUT2D eigenvalue weighted by atomic mass is 10.0. The molecule has 0 saturated carbocycles. The predicted octanol–water partition coefficient (Wildman–Crippen LogP) is -3.53. The molecular formula is C28H47N7O12. The molecule has 0 aromatic heterocycles.